The van der Waals surface area contributed by atoms with Gasteiger partial charge in [-0.2, -0.15) is 0 Å². The van der Waals surface area contributed by atoms with E-state index in [4.69, 9.17) is 4.74 Å². The fourth-order valence-electron chi connectivity index (χ4n) is 3.69. The zero-order chi connectivity index (χ0) is 14.9. The van der Waals surface area contributed by atoms with Crippen molar-refractivity contribution in [3.63, 3.8) is 0 Å². The second-order valence-electron chi connectivity index (χ2n) is 6.39. The maximum atomic E-state index is 5.92. The van der Waals surface area contributed by atoms with Gasteiger partial charge < -0.3 is 10.1 Å². The number of aromatic nitrogens is 1. The molecule has 1 aromatic heterocycles. The predicted molar refractivity (Wildman–Crippen MR) is 90.8 cm³/mol. The average molecular weight is 317 g/mol. The molecule has 2 atom stereocenters. The van der Waals surface area contributed by atoms with Crippen LogP contribution in [0.5, 0.6) is 5.75 Å². The highest BCUT2D eigenvalue weighted by molar-refractivity contribution is 7.96. The Labute approximate surface area is 136 Å². The van der Waals surface area contributed by atoms with E-state index in [1.165, 1.54) is 18.7 Å². The van der Waals surface area contributed by atoms with Gasteiger partial charge in [0, 0.05) is 19.0 Å². The number of nitrogens with one attached hydrogen (secondary N) is 1. The lowest BCUT2D eigenvalue weighted by atomic mass is 10.1. The van der Waals surface area contributed by atoms with Crippen molar-refractivity contribution in [2.45, 2.75) is 6.42 Å². The molecule has 0 bridgehead atoms. The summed E-state index contributed by atoms with van der Waals surface area (Å²) >= 11 is 1.81. The monoisotopic (exact) mass is 317 g/mol. The van der Waals surface area contributed by atoms with Crippen LogP contribution in [-0.4, -0.2) is 48.3 Å². The van der Waals surface area contributed by atoms with Gasteiger partial charge in [0.1, 0.15) is 5.75 Å². The summed E-state index contributed by atoms with van der Waals surface area (Å²) < 4.78 is 8.29. The first-order chi connectivity index (χ1) is 10.8. The standard InChI is InChI=1S/C17H23N3OS/c1-22-20-6-4-12(5-7-20)17-3-2-13(8-19-17)21-11-16-14-9-18-10-15(14)16/h2-4,8,14-16,18H,5-7,9-11H2,1H3. The van der Waals surface area contributed by atoms with Gasteiger partial charge in [-0.15, -0.1) is 0 Å². The molecule has 5 heteroatoms. The summed E-state index contributed by atoms with van der Waals surface area (Å²) in [4.78, 5) is 4.59. The molecular formula is C17H23N3OS. The Morgan fingerprint density at radius 2 is 2.23 bits per heavy atom. The van der Waals surface area contributed by atoms with Crippen molar-refractivity contribution in [3.8, 4) is 5.75 Å². The molecule has 3 aliphatic rings. The van der Waals surface area contributed by atoms with Crippen molar-refractivity contribution in [2.24, 2.45) is 17.8 Å². The van der Waals surface area contributed by atoms with E-state index in [1.807, 2.05) is 18.1 Å². The van der Waals surface area contributed by atoms with Crippen LogP contribution < -0.4 is 10.1 Å². The molecule has 4 nitrogen and oxygen atoms in total. The Bertz CT molecular complexity index is 550. The van der Waals surface area contributed by atoms with Crippen LogP contribution in [0.1, 0.15) is 12.1 Å². The number of fused-ring (bicyclic) bond motifs is 1. The van der Waals surface area contributed by atoms with Gasteiger partial charge in [-0.25, -0.2) is 4.31 Å². The highest BCUT2D eigenvalue weighted by Crippen LogP contribution is 2.48. The number of pyridine rings is 1. The molecule has 1 saturated carbocycles. The fraction of sp³-hybridized carbons (Fsp3) is 0.588. The molecule has 118 valence electrons. The second-order valence-corrected chi connectivity index (χ2v) is 7.27. The number of piperidine rings is 1. The third-order valence-electron chi connectivity index (χ3n) is 5.21. The molecule has 0 spiro atoms. The van der Waals surface area contributed by atoms with Gasteiger partial charge in [0.05, 0.1) is 18.5 Å². The summed E-state index contributed by atoms with van der Waals surface area (Å²) in [5.74, 6) is 3.39. The average Bonchev–Trinajstić information content (AvgIpc) is 3.01. The highest BCUT2D eigenvalue weighted by Gasteiger charge is 2.52. The topological polar surface area (TPSA) is 37.4 Å². The van der Waals surface area contributed by atoms with Crippen LogP contribution in [0, 0.1) is 17.8 Å². The SMILES string of the molecule is CSN1CC=C(c2ccc(OCC3C4CNCC43)cn2)CC1. The van der Waals surface area contributed by atoms with E-state index in [1.54, 1.807) is 0 Å². The first kappa shape index (κ1) is 14.5. The molecule has 3 heterocycles. The molecule has 1 saturated heterocycles. The molecule has 2 fully saturated rings. The van der Waals surface area contributed by atoms with Gasteiger partial charge in [0.25, 0.3) is 0 Å². The largest absolute Gasteiger partial charge is 0.492 e. The zero-order valence-electron chi connectivity index (χ0n) is 13.0. The molecule has 1 N–H and O–H groups in total. The third kappa shape index (κ3) is 2.90. The predicted octanol–water partition coefficient (Wildman–Crippen LogP) is 2.29. The quantitative estimate of drug-likeness (QED) is 0.844. The van der Waals surface area contributed by atoms with Crippen LogP contribution >= 0.6 is 11.9 Å². The summed E-state index contributed by atoms with van der Waals surface area (Å²) in [6.07, 6.45) is 7.38. The number of rotatable bonds is 5. The van der Waals surface area contributed by atoms with Crippen LogP contribution in [0.2, 0.25) is 0 Å². The Morgan fingerprint density at radius 1 is 1.36 bits per heavy atom. The number of nitrogens with zero attached hydrogens (tertiary/aromatic N) is 2. The second kappa shape index (κ2) is 6.22. The normalized spacial score (nSPS) is 30.8. The van der Waals surface area contributed by atoms with Crippen molar-refractivity contribution >= 4 is 17.5 Å². The Hall–Kier alpha value is -1.04. The molecule has 0 aromatic carbocycles. The van der Waals surface area contributed by atoms with E-state index in [0.29, 0.717) is 0 Å². The Morgan fingerprint density at radius 3 is 2.86 bits per heavy atom. The first-order valence-electron chi connectivity index (χ1n) is 8.13. The van der Waals surface area contributed by atoms with Gasteiger partial charge in [0.2, 0.25) is 0 Å². The summed E-state index contributed by atoms with van der Waals surface area (Å²) in [6.45, 7) is 5.32. The van der Waals surface area contributed by atoms with Crippen molar-refractivity contribution in [3.05, 3.63) is 30.1 Å². The fourth-order valence-corrected chi connectivity index (χ4v) is 4.19. The summed E-state index contributed by atoms with van der Waals surface area (Å²) in [5, 5.41) is 3.42. The Balaban J connectivity index is 1.32. The highest BCUT2D eigenvalue weighted by atomic mass is 32.2. The lowest BCUT2D eigenvalue weighted by Gasteiger charge is -2.23. The summed E-state index contributed by atoms with van der Waals surface area (Å²) in [6, 6.07) is 4.17. The van der Waals surface area contributed by atoms with Crippen molar-refractivity contribution < 1.29 is 4.74 Å². The lowest BCUT2D eigenvalue weighted by Crippen LogP contribution is -2.21. The first-order valence-corrected chi connectivity index (χ1v) is 9.31. The van der Waals surface area contributed by atoms with E-state index in [2.05, 4.69) is 39.1 Å². The van der Waals surface area contributed by atoms with Crippen LogP contribution in [-0.2, 0) is 0 Å². The number of hydrogen-bond donors (Lipinski definition) is 1. The minimum absolute atomic E-state index is 0.763. The van der Waals surface area contributed by atoms with Gasteiger partial charge in [-0.3, -0.25) is 4.98 Å². The van der Waals surface area contributed by atoms with E-state index in [0.717, 1.165) is 55.3 Å². The molecule has 1 aliphatic carbocycles. The van der Waals surface area contributed by atoms with Crippen LogP contribution in [0.4, 0.5) is 0 Å². The van der Waals surface area contributed by atoms with E-state index >= 15 is 0 Å². The molecule has 0 radical (unpaired) electrons. The molecular weight excluding hydrogens is 294 g/mol. The molecule has 2 unspecified atom stereocenters. The third-order valence-corrected chi connectivity index (χ3v) is 6.05. The van der Waals surface area contributed by atoms with Crippen LogP contribution in [0.25, 0.3) is 5.57 Å². The van der Waals surface area contributed by atoms with E-state index in [-0.39, 0.29) is 0 Å². The molecule has 22 heavy (non-hydrogen) atoms. The van der Waals surface area contributed by atoms with Gasteiger partial charge in [-0.1, -0.05) is 18.0 Å². The molecule has 4 rings (SSSR count). The van der Waals surface area contributed by atoms with Crippen LogP contribution in [0.15, 0.2) is 24.4 Å². The maximum absolute atomic E-state index is 5.92. The van der Waals surface area contributed by atoms with E-state index < -0.39 is 0 Å². The van der Waals surface area contributed by atoms with Gasteiger partial charge in [0.15, 0.2) is 0 Å². The Kier molecular flexibility index (Phi) is 4.11. The van der Waals surface area contributed by atoms with Gasteiger partial charge >= 0.3 is 0 Å². The smallest absolute Gasteiger partial charge is 0.137 e. The van der Waals surface area contributed by atoms with Crippen molar-refractivity contribution in [1.82, 2.24) is 14.6 Å². The minimum atomic E-state index is 0.763. The van der Waals surface area contributed by atoms with E-state index in [9.17, 15) is 0 Å². The molecule has 1 aromatic rings. The van der Waals surface area contributed by atoms with Crippen molar-refractivity contribution in [2.75, 3.05) is 39.0 Å². The minimum Gasteiger partial charge on any atom is -0.492 e. The maximum Gasteiger partial charge on any atom is 0.137 e. The number of hydrogen-bond acceptors (Lipinski definition) is 5. The van der Waals surface area contributed by atoms with Gasteiger partial charge in [-0.05, 0) is 55.3 Å². The molecule has 2 aliphatic heterocycles. The van der Waals surface area contributed by atoms with Crippen molar-refractivity contribution in [1.29, 1.82) is 0 Å². The zero-order valence-corrected chi connectivity index (χ0v) is 13.8. The summed E-state index contributed by atoms with van der Waals surface area (Å²) in [7, 11) is 0. The summed E-state index contributed by atoms with van der Waals surface area (Å²) in [5.41, 5.74) is 2.46. The van der Waals surface area contributed by atoms with Crippen LogP contribution in [0.3, 0.4) is 0 Å². The lowest BCUT2D eigenvalue weighted by molar-refractivity contribution is 0.279. The number of ether oxygens (including phenoxy) is 1. The molecule has 0 amide bonds.